The van der Waals surface area contributed by atoms with E-state index in [0.717, 1.165) is 11.8 Å². The summed E-state index contributed by atoms with van der Waals surface area (Å²) >= 11 is 0. The molecule has 4 nitrogen and oxygen atoms in total. The van der Waals surface area contributed by atoms with Gasteiger partial charge in [-0.2, -0.15) is 0 Å². The zero-order chi connectivity index (χ0) is 11.7. The van der Waals surface area contributed by atoms with Gasteiger partial charge in [-0.3, -0.25) is 0 Å². The van der Waals surface area contributed by atoms with Crippen molar-refractivity contribution in [3.05, 3.63) is 29.8 Å². The first-order valence-electron chi connectivity index (χ1n) is 4.56. The molecule has 0 aliphatic heterocycles. The highest BCUT2D eigenvalue weighted by atomic mass is 32.2. The molecule has 15 heavy (non-hydrogen) atoms. The number of hydrogen-bond donors (Lipinski definition) is 2. The Morgan fingerprint density at radius 2 is 1.93 bits per heavy atom. The van der Waals surface area contributed by atoms with Crippen LogP contribution in [-0.4, -0.2) is 14.7 Å². The Morgan fingerprint density at radius 3 is 2.40 bits per heavy atom. The molecule has 0 amide bonds. The minimum Gasteiger partial charge on any atom is -0.399 e. The Hall–Kier alpha value is -1.07. The molecule has 0 saturated carbocycles. The van der Waals surface area contributed by atoms with Crippen molar-refractivity contribution in [2.45, 2.75) is 19.4 Å². The van der Waals surface area contributed by atoms with Gasteiger partial charge in [0.15, 0.2) is 0 Å². The van der Waals surface area contributed by atoms with Crippen LogP contribution < -0.4 is 10.5 Å². The third-order valence-corrected chi connectivity index (χ3v) is 2.93. The Balaban J connectivity index is 3.06. The zero-order valence-electron chi connectivity index (χ0n) is 9.11. The Kier molecular flexibility index (Phi) is 3.06. The highest BCUT2D eigenvalue weighted by Crippen LogP contribution is 2.22. The molecule has 0 saturated heterocycles. The normalized spacial score (nSPS) is 12.7. The van der Waals surface area contributed by atoms with Crippen LogP contribution in [0.4, 0.5) is 5.69 Å². The fourth-order valence-corrected chi connectivity index (χ4v) is 2.49. The first kappa shape index (κ1) is 12.0. The van der Waals surface area contributed by atoms with Crippen LogP contribution in [0.2, 0.25) is 0 Å². The van der Waals surface area contributed by atoms with Gasteiger partial charge < -0.3 is 5.73 Å². The monoisotopic (exact) mass is 228 g/mol. The molecule has 0 radical (unpaired) electrons. The highest BCUT2D eigenvalue weighted by molar-refractivity contribution is 7.88. The molecular weight excluding hydrogens is 212 g/mol. The van der Waals surface area contributed by atoms with E-state index in [2.05, 4.69) is 4.72 Å². The van der Waals surface area contributed by atoms with Crippen LogP contribution in [0.5, 0.6) is 0 Å². The van der Waals surface area contributed by atoms with Gasteiger partial charge in [-0.25, -0.2) is 13.1 Å². The number of rotatable bonds is 3. The third-order valence-electron chi connectivity index (χ3n) is 2.05. The number of sulfonamides is 1. The molecular formula is C10H16N2O2S. The molecule has 3 N–H and O–H groups in total. The van der Waals surface area contributed by atoms with Gasteiger partial charge in [-0.1, -0.05) is 12.1 Å². The second kappa shape index (κ2) is 3.83. The van der Waals surface area contributed by atoms with Crippen molar-refractivity contribution in [2.24, 2.45) is 0 Å². The molecule has 0 unspecified atom stereocenters. The highest BCUT2D eigenvalue weighted by Gasteiger charge is 2.24. The summed E-state index contributed by atoms with van der Waals surface area (Å²) in [6.07, 6.45) is 1.14. The van der Waals surface area contributed by atoms with Gasteiger partial charge in [0.2, 0.25) is 10.0 Å². The number of benzene rings is 1. The minimum atomic E-state index is -3.23. The van der Waals surface area contributed by atoms with E-state index in [-0.39, 0.29) is 0 Å². The van der Waals surface area contributed by atoms with Crippen molar-refractivity contribution < 1.29 is 8.42 Å². The molecule has 0 fully saturated rings. The summed E-state index contributed by atoms with van der Waals surface area (Å²) in [7, 11) is -3.23. The number of nitrogen functional groups attached to an aromatic ring is 1. The predicted octanol–water partition coefficient (Wildman–Crippen LogP) is 1.05. The zero-order valence-corrected chi connectivity index (χ0v) is 9.93. The molecule has 0 heterocycles. The van der Waals surface area contributed by atoms with E-state index in [9.17, 15) is 8.42 Å². The average Bonchev–Trinajstić information content (AvgIpc) is 1.99. The maximum absolute atomic E-state index is 11.2. The van der Waals surface area contributed by atoms with Crippen molar-refractivity contribution in [2.75, 3.05) is 12.0 Å². The molecule has 0 aliphatic carbocycles. The molecule has 5 heteroatoms. The van der Waals surface area contributed by atoms with Crippen LogP contribution in [0.25, 0.3) is 0 Å². The molecule has 0 spiro atoms. The Labute approximate surface area is 90.5 Å². The van der Waals surface area contributed by atoms with Crippen LogP contribution in [0, 0.1) is 0 Å². The molecule has 1 aromatic rings. The van der Waals surface area contributed by atoms with Crippen LogP contribution >= 0.6 is 0 Å². The molecule has 1 rings (SSSR count). The summed E-state index contributed by atoms with van der Waals surface area (Å²) in [6.45, 7) is 3.59. The first-order chi connectivity index (χ1) is 6.71. The minimum absolute atomic E-state index is 0.621. The molecule has 0 atom stereocenters. The number of anilines is 1. The summed E-state index contributed by atoms with van der Waals surface area (Å²) in [5.74, 6) is 0. The number of nitrogens with one attached hydrogen (secondary N) is 1. The Morgan fingerprint density at radius 1 is 1.33 bits per heavy atom. The van der Waals surface area contributed by atoms with Crippen molar-refractivity contribution in [3.63, 3.8) is 0 Å². The van der Waals surface area contributed by atoms with E-state index < -0.39 is 15.6 Å². The summed E-state index contributed by atoms with van der Waals surface area (Å²) in [6, 6.07) is 7.17. The van der Waals surface area contributed by atoms with Crippen molar-refractivity contribution in [1.82, 2.24) is 4.72 Å². The van der Waals surface area contributed by atoms with Crippen molar-refractivity contribution in [3.8, 4) is 0 Å². The van der Waals surface area contributed by atoms with Gasteiger partial charge in [0.1, 0.15) is 0 Å². The van der Waals surface area contributed by atoms with Crippen molar-refractivity contribution in [1.29, 1.82) is 0 Å². The standard InChI is InChI=1S/C10H16N2O2S/c1-10(2,12-15(3,13)14)8-5-4-6-9(11)7-8/h4-7,12H,11H2,1-3H3. The number of hydrogen-bond acceptors (Lipinski definition) is 3. The molecule has 84 valence electrons. The fraction of sp³-hybridized carbons (Fsp3) is 0.400. The van der Waals surface area contributed by atoms with Gasteiger partial charge in [0.25, 0.3) is 0 Å². The van der Waals surface area contributed by atoms with Gasteiger partial charge in [-0.05, 0) is 31.5 Å². The second-order valence-electron chi connectivity index (χ2n) is 4.12. The topological polar surface area (TPSA) is 72.2 Å². The van der Waals surface area contributed by atoms with Gasteiger partial charge in [0, 0.05) is 5.69 Å². The largest absolute Gasteiger partial charge is 0.399 e. The summed E-state index contributed by atoms with van der Waals surface area (Å²) in [4.78, 5) is 0. The van der Waals surface area contributed by atoms with Gasteiger partial charge in [-0.15, -0.1) is 0 Å². The van der Waals surface area contributed by atoms with Crippen molar-refractivity contribution >= 4 is 15.7 Å². The first-order valence-corrected chi connectivity index (χ1v) is 6.45. The van der Waals surface area contributed by atoms with E-state index in [1.165, 1.54) is 0 Å². The van der Waals surface area contributed by atoms with Crippen LogP contribution in [0.1, 0.15) is 19.4 Å². The maximum atomic E-state index is 11.2. The van der Waals surface area contributed by atoms with Gasteiger partial charge in [0.05, 0.1) is 11.8 Å². The number of nitrogens with two attached hydrogens (primary N) is 1. The Bertz CT molecular complexity index is 452. The molecule has 0 aromatic heterocycles. The molecule has 1 aromatic carbocycles. The lowest BCUT2D eigenvalue weighted by molar-refractivity contribution is 0.475. The third kappa shape index (κ3) is 3.53. The van der Waals surface area contributed by atoms with Crippen LogP contribution in [0.3, 0.4) is 0 Å². The van der Waals surface area contributed by atoms with Crippen LogP contribution in [0.15, 0.2) is 24.3 Å². The quantitative estimate of drug-likeness (QED) is 0.760. The lowest BCUT2D eigenvalue weighted by Gasteiger charge is -2.25. The van der Waals surface area contributed by atoms with E-state index in [4.69, 9.17) is 5.73 Å². The fourth-order valence-electron chi connectivity index (χ4n) is 1.45. The van der Waals surface area contributed by atoms with E-state index in [1.54, 1.807) is 32.0 Å². The summed E-state index contributed by atoms with van der Waals surface area (Å²) in [5, 5.41) is 0. The summed E-state index contributed by atoms with van der Waals surface area (Å²) < 4.78 is 24.9. The van der Waals surface area contributed by atoms with E-state index in [1.807, 2.05) is 6.07 Å². The lowest BCUT2D eigenvalue weighted by atomic mass is 9.95. The lowest BCUT2D eigenvalue weighted by Crippen LogP contribution is -2.40. The van der Waals surface area contributed by atoms with E-state index >= 15 is 0 Å². The molecule has 0 bridgehead atoms. The van der Waals surface area contributed by atoms with Crippen LogP contribution in [-0.2, 0) is 15.6 Å². The average molecular weight is 228 g/mol. The maximum Gasteiger partial charge on any atom is 0.209 e. The SMILES string of the molecule is CC(C)(NS(C)(=O)=O)c1cccc(N)c1. The smallest absolute Gasteiger partial charge is 0.209 e. The van der Waals surface area contributed by atoms with Gasteiger partial charge >= 0.3 is 0 Å². The predicted molar refractivity (Wildman–Crippen MR) is 61.9 cm³/mol. The molecule has 0 aliphatic rings. The van der Waals surface area contributed by atoms with E-state index in [0.29, 0.717) is 5.69 Å². The summed E-state index contributed by atoms with van der Waals surface area (Å²) in [5.41, 5.74) is 6.45. The second-order valence-corrected chi connectivity index (χ2v) is 5.87.